The minimum atomic E-state index is -0.556. The van der Waals surface area contributed by atoms with Crippen LogP contribution >= 0.6 is 0 Å². The average molecular weight is 475 g/mol. The van der Waals surface area contributed by atoms with Crippen LogP contribution < -0.4 is 0 Å². The second-order valence-electron chi connectivity index (χ2n) is 14.0. The van der Waals surface area contributed by atoms with Crippen LogP contribution in [0.1, 0.15) is 100 Å². The van der Waals surface area contributed by atoms with Gasteiger partial charge in [0.25, 0.3) is 0 Å². The molecular weight excluding hydrogens is 428 g/mol. The number of rotatable bonds is 3. The van der Waals surface area contributed by atoms with Crippen LogP contribution in [0.5, 0.6) is 0 Å². The molecule has 35 heavy (non-hydrogen) atoms. The highest BCUT2D eigenvalue weighted by molar-refractivity contribution is 6.04. The molecule has 0 spiro atoms. The van der Waals surface area contributed by atoms with Gasteiger partial charge in [0.1, 0.15) is 6.07 Å². The zero-order chi connectivity index (χ0) is 26.2. The van der Waals surface area contributed by atoms with Crippen LogP contribution in [0.4, 0.5) is 0 Å². The minimum absolute atomic E-state index is 0.00481. The van der Waals surface area contributed by atoms with Crippen molar-refractivity contribution < 1.29 is 4.79 Å². The van der Waals surface area contributed by atoms with Gasteiger partial charge in [-0.15, -0.1) is 0 Å². The number of carbonyl (C=O) groups is 1. The fourth-order valence-electron chi connectivity index (χ4n) is 10.1. The lowest BCUT2D eigenvalue weighted by molar-refractivity contribution is -0.187. The van der Waals surface area contributed by atoms with Gasteiger partial charge in [-0.05, 0) is 97.7 Å². The Bertz CT molecular complexity index is 1050. The van der Waals surface area contributed by atoms with E-state index in [0.717, 1.165) is 44.9 Å². The summed E-state index contributed by atoms with van der Waals surface area (Å²) in [5.41, 5.74) is 0.797. The smallest absolute Gasteiger partial charge is 0.178 e. The zero-order valence-corrected chi connectivity index (χ0v) is 23.4. The highest BCUT2D eigenvalue weighted by Crippen LogP contribution is 2.74. The van der Waals surface area contributed by atoms with Crippen molar-refractivity contribution in [2.45, 2.75) is 100 Å². The molecule has 0 amide bonds. The Morgan fingerprint density at radius 3 is 2.29 bits per heavy atom. The van der Waals surface area contributed by atoms with Crippen molar-refractivity contribution in [2.24, 2.45) is 56.7 Å². The van der Waals surface area contributed by atoms with Crippen LogP contribution in [0.25, 0.3) is 0 Å². The third-order valence-electron chi connectivity index (χ3n) is 12.9. The first-order valence-electron chi connectivity index (χ1n) is 13.9. The summed E-state index contributed by atoms with van der Waals surface area (Å²) in [4.78, 5) is 13.1. The lowest BCUT2D eigenvalue weighted by Gasteiger charge is -2.68. The quantitative estimate of drug-likeness (QED) is 0.389. The monoisotopic (exact) mass is 474 g/mol. The number of Topliss-reactive ketones (excluding diaryl/α,β-unsaturated/α-hetero) is 1. The fraction of sp³-hybridized carbons (Fsp3) is 0.781. The van der Waals surface area contributed by atoms with E-state index in [-0.39, 0.29) is 33.4 Å². The molecule has 4 rings (SSSR count). The molecule has 4 aliphatic carbocycles. The molecule has 3 heteroatoms. The van der Waals surface area contributed by atoms with Gasteiger partial charge in [-0.1, -0.05) is 66.7 Å². The Labute approximate surface area is 214 Å². The van der Waals surface area contributed by atoms with Gasteiger partial charge in [-0.2, -0.15) is 10.5 Å². The van der Waals surface area contributed by atoms with Gasteiger partial charge in [0.2, 0.25) is 0 Å². The third kappa shape index (κ3) is 3.16. The second-order valence-corrected chi connectivity index (χ2v) is 14.0. The van der Waals surface area contributed by atoms with E-state index >= 15 is 0 Å². The SMILES string of the molecule is C=C(C)[C@@H]1CC[C@]2(C#N)CC[C@]3(C)C(CC[C@H]([C@@]4(C)C=C(C#N)C(=O)C(C)(C)[C@@H]4C)[C@@]3(C)CC)[C@@H]12. The van der Waals surface area contributed by atoms with E-state index in [4.69, 9.17) is 0 Å². The molecule has 0 aromatic heterocycles. The van der Waals surface area contributed by atoms with Crippen molar-refractivity contribution in [1.82, 2.24) is 0 Å². The van der Waals surface area contributed by atoms with Crippen molar-refractivity contribution in [2.75, 3.05) is 0 Å². The fourth-order valence-corrected chi connectivity index (χ4v) is 10.1. The summed E-state index contributed by atoms with van der Waals surface area (Å²) in [5, 5.41) is 20.3. The predicted octanol–water partition coefficient (Wildman–Crippen LogP) is 8.04. The van der Waals surface area contributed by atoms with Crippen LogP contribution in [0.15, 0.2) is 23.8 Å². The molecule has 3 nitrogen and oxygen atoms in total. The van der Waals surface area contributed by atoms with Gasteiger partial charge in [0, 0.05) is 5.41 Å². The summed E-state index contributed by atoms with van der Waals surface area (Å²) in [6, 6.07) is 5.12. The van der Waals surface area contributed by atoms with Gasteiger partial charge in [0.05, 0.1) is 17.1 Å². The minimum Gasteiger partial charge on any atom is -0.293 e. The maximum atomic E-state index is 13.1. The number of fused-ring (bicyclic) bond motifs is 3. The summed E-state index contributed by atoms with van der Waals surface area (Å²) in [6.45, 7) is 22.6. The zero-order valence-electron chi connectivity index (χ0n) is 23.4. The molecule has 0 radical (unpaired) electrons. The Hall–Kier alpha value is -1.87. The number of carbonyl (C=O) groups excluding carboxylic acids is 1. The summed E-state index contributed by atoms with van der Waals surface area (Å²) in [5.74, 6) is 1.88. The first-order valence-corrected chi connectivity index (χ1v) is 13.9. The number of ketones is 1. The average Bonchev–Trinajstić information content (AvgIpc) is 3.22. The van der Waals surface area contributed by atoms with Crippen molar-refractivity contribution >= 4 is 5.78 Å². The van der Waals surface area contributed by atoms with Crippen molar-refractivity contribution in [1.29, 1.82) is 10.5 Å². The van der Waals surface area contributed by atoms with Crippen LogP contribution in [0.2, 0.25) is 0 Å². The van der Waals surface area contributed by atoms with Crippen LogP contribution in [0, 0.1) is 79.3 Å². The molecule has 0 bridgehead atoms. The predicted molar refractivity (Wildman–Crippen MR) is 141 cm³/mol. The van der Waals surface area contributed by atoms with E-state index in [1.54, 1.807) is 0 Å². The second kappa shape index (κ2) is 8.07. The largest absolute Gasteiger partial charge is 0.293 e. The molecule has 0 aromatic rings. The van der Waals surface area contributed by atoms with Gasteiger partial charge < -0.3 is 0 Å². The molecule has 190 valence electrons. The highest BCUT2D eigenvalue weighted by Gasteiger charge is 2.68. The Morgan fingerprint density at radius 1 is 1.09 bits per heavy atom. The summed E-state index contributed by atoms with van der Waals surface area (Å²) in [6.07, 6.45) is 9.56. The Balaban J connectivity index is 1.85. The standard InChI is InChI=1S/C32H46N2O/c1-10-30(8)25(29(7)17-22(18-33)27(35)28(5,6)21(29)4)12-11-24-26-23(20(2)3)13-14-32(26,19-34)16-15-31(24,30)9/h17,21,23-26H,2,10-16H2,1,3-9H3/t21-,23-,24?,25+,26+,29-,30+,31+,32+/m0/s1. The number of nitrogens with zero attached hydrogens (tertiary/aromatic N) is 2. The van der Waals surface area contributed by atoms with E-state index in [0.29, 0.717) is 29.2 Å². The van der Waals surface area contributed by atoms with Crippen LogP contribution in [-0.2, 0) is 4.79 Å². The lowest BCUT2D eigenvalue weighted by atomic mass is 9.35. The first-order chi connectivity index (χ1) is 16.2. The molecule has 9 atom stereocenters. The van der Waals surface area contributed by atoms with Gasteiger partial charge in [-0.3, -0.25) is 4.79 Å². The molecule has 0 saturated heterocycles. The molecule has 3 saturated carbocycles. The topological polar surface area (TPSA) is 64.7 Å². The van der Waals surface area contributed by atoms with E-state index in [1.165, 1.54) is 5.57 Å². The van der Waals surface area contributed by atoms with E-state index in [9.17, 15) is 15.3 Å². The van der Waals surface area contributed by atoms with Crippen LogP contribution in [0.3, 0.4) is 0 Å². The summed E-state index contributed by atoms with van der Waals surface area (Å²) >= 11 is 0. The number of hydrogen-bond donors (Lipinski definition) is 0. The normalized spacial score (nSPS) is 48.7. The molecule has 4 aliphatic rings. The van der Waals surface area contributed by atoms with Crippen molar-refractivity contribution in [3.63, 3.8) is 0 Å². The van der Waals surface area contributed by atoms with E-state index in [1.807, 2.05) is 13.8 Å². The molecular formula is C32H46N2O. The first kappa shape index (κ1) is 26.2. The summed E-state index contributed by atoms with van der Waals surface area (Å²) < 4.78 is 0. The van der Waals surface area contributed by atoms with Gasteiger partial charge in [0.15, 0.2) is 5.78 Å². The lowest BCUT2D eigenvalue weighted by Crippen LogP contribution is -2.62. The Morgan fingerprint density at radius 2 is 1.74 bits per heavy atom. The van der Waals surface area contributed by atoms with Gasteiger partial charge in [-0.25, -0.2) is 0 Å². The Kier molecular flexibility index (Phi) is 6.04. The maximum absolute atomic E-state index is 13.1. The molecule has 3 fully saturated rings. The molecule has 0 N–H and O–H groups in total. The molecule has 0 heterocycles. The highest BCUT2D eigenvalue weighted by atomic mass is 16.1. The third-order valence-corrected chi connectivity index (χ3v) is 12.9. The number of allylic oxidation sites excluding steroid dienone is 3. The molecule has 0 aromatic carbocycles. The number of hydrogen-bond acceptors (Lipinski definition) is 3. The van der Waals surface area contributed by atoms with E-state index < -0.39 is 5.41 Å². The molecule has 1 unspecified atom stereocenters. The van der Waals surface area contributed by atoms with Crippen LogP contribution in [-0.4, -0.2) is 5.78 Å². The molecule has 0 aliphatic heterocycles. The van der Waals surface area contributed by atoms with Crippen molar-refractivity contribution in [3.8, 4) is 12.1 Å². The van der Waals surface area contributed by atoms with E-state index in [2.05, 4.69) is 66.3 Å². The summed E-state index contributed by atoms with van der Waals surface area (Å²) in [7, 11) is 0. The van der Waals surface area contributed by atoms with Gasteiger partial charge >= 0.3 is 0 Å². The van der Waals surface area contributed by atoms with Crippen molar-refractivity contribution in [3.05, 3.63) is 23.8 Å². The maximum Gasteiger partial charge on any atom is 0.178 e. The number of nitriles is 2.